The Morgan fingerprint density at radius 2 is 2.20 bits per heavy atom. The first-order chi connectivity index (χ1) is 9.43. The second-order valence-electron chi connectivity index (χ2n) is 4.39. The molecule has 1 aliphatic rings. The average molecular weight is 347 g/mol. The number of carbonyl (C=O) groups is 2. The van der Waals surface area contributed by atoms with Gasteiger partial charge in [-0.1, -0.05) is 0 Å². The lowest BCUT2D eigenvalue weighted by atomic mass is 9.99. The topological polar surface area (TPSA) is 87.7 Å². The van der Waals surface area contributed by atoms with Crippen molar-refractivity contribution in [3.8, 4) is 0 Å². The van der Waals surface area contributed by atoms with Crippen LogP contribution in [0.25, 0.3) is 0 Å². The van der Waals surface area contributed by atoms with E-state index in [1.54, 1.807) is 0 Å². The first-order valence-corrected chi connectivity index (χ1v) is 6.58. The third kappa shape index (κ3) is 3.07. The smallest absolute Gasteiger partial charge is 0.332 e. The van der Waals surface area contributed by atoms with Crippen LogP contribution in [0.1, 0.15) is 6.42 Å². The number of urea groups is 1. The molecule has 1 aromatic rings. The van der Waals surface area contributed by atoms with Gasteiger partial charge in [0.25, 0.3) is 0 Å². The van der Waals surface area contributed by atoms with Gasteiger partial charge in [0.1, 0.15) is 5.82 Å². The number of ether oxygens (including phenoxy) is 1. The number of amides is 2. The van der Waals surface area contributed by atoms with Crippen LogP contribution in [-0.4, -0.2) is 35.9 Å². The zero-order chi connectivity index (χ0) is 14.8. The highest BCUT2D eigenvalue weighted by atomic mass is 79.9. The zero-order valence-electron chi connectivity index (χ0n) is 10.3. The van der Waals surface area contributed by atoms with E-state index in [0.29, 0.717) is 10.2 Å². The number of carboxylic acid groups (broad SMARTS) is 1. The van der Waals surface area contributed by atoms with Crippen LogP contribution < -0.4 is 10.6 Å². The Balaban J connectivity index is 2.07. The number of carbonyl (C=O) groups excluding carboxylic acids is 1. The molecule has 2 amide bonds. The summed E-state index contributed by atoms with van der Waals surface area (Å²) < 4.78 is 18.3. The zero-order valence-corrected chi connectivity index (χ0v) is 11.9. The summed E-state index contributed by atoms with van der Waals surface area (Å²) in [6.07, 6.45) is 0.195. The lowest BCUT2D eigenvalue weighted by Crippen LogP contribution is -2.56. The van der Waals surface area contributed by atoms with E-state index in [1.807, 2.05) is 0 Å². The molecule has 1 aromatic carbocycles. The fourth-order valence-electron chi connectivity index (χ4n) is 1.85. The molecule has 1 fully saturated rings. The highest BCUT2D eigenvalue weighted by Crippen LogP contribution is 2.24. The van der Waals surface area contributed by atoms with E-state index in [0.717, 1.165) is 0 Å². The molecule has 1 heterocycles. The number of anilines is 1. The van der Waals surface area contributed by atoms with Crippen LogP contribution in [0.2, 0.25) is 0 Å². The second-order valence-corrected chi connectivity index (χ2v) is 5.25. The van der Waals surface area contributed by atoms with Gasteiger partial charge in [-0.25, -0.2) is 14.0 Å². The van der Waals surface area contributed by atoms with E-state index in [9.17, 15) is 19.1 Å². The van der Waals surface area contributed by atoms with Gasteiger partial charge in [-0.2, -0.15) is 0 Å². The number of hydrogen-bond acceptors (Lipinski definition) is 3. The van der Waals surface area contributed by atoms with Gasteiger partial charge >= 0.3 is 12.0 Å². The van der Waals surface area contributed by atoms with Crippen molar-refractivity contribution in [3.63, 3.8) is 0 Å². The third-order valence-corrected chi connectivity index (χ3v) is 3.62. The molecule has 20 heavy (non-hydrogen) atoms. The normalized spacial score (nSPS) is 21.5. The fourth-order valence-corrected chi connectivity index (χ4v) is 2.30. The van der Waals surface area contributed by atoms with Gasteiger partial charge in [0.15, 0.2) is 5.54 Å². The summed E-state index contributed by atoms with van der Waals surface area (Å²) in [7, 11) is 0. The van der Waals surface area contributed by atoms with Crippen LogP contribution >= 0.6 is 15.9 Å². The Labute approximate surface area is 122 Å². The number of rotatable bonds is 3. The molecule has 0 saturated carbocycles. The number of halogens is 2. The summed E-state index contributed by atoms with van der Waals surface area (Å²) in [5, 5.41) is 14.0. The Morgan fingerprint density at radius 3 is 2.75 bits per heavy atom. The Hall–Kier alpha value is -1.67. The van der Waals surface area contributed by atoms with Gasteiger partial charge in [0.05, 0.1) is 12.3 Å². The van der Waals surface area contributed by atoms with E-state index in [2.05, 4.69) is 26.6 Å². The average Bonchev–Trinajstić information content (AvgIpc) is 2.82. The van der Waals surface area contributed by atoms with Crippen molar-refractivity contribution in [2.45, 2.75) is 12.0 Å². The van der Waals surface area contributed by atoms with Crippen molar-refractivity contribution in [3.05, 3.63) is 28.5 Å². The van der Waals surface area contributed by atoms with E-state index in [4.69, 9.17) is 4.74 Å². The van der Waals surface area contributed by atoms with Gasteiger partial charge in [-0.3, -0.25) is 0 Å². The standard InChI is InChI=1S/C12H12BrFN2O4/c13-8-5-7(14)1-2-9(8)15-11(19)16-12(10(17)18)3-4-20-6-12/h1-2,5H,3-4,6H2,(H,17,18)(H2,15,16,19). The van der Waals surface area contributed by atoms with Crippen LogP contribution in [-0.2, 0) is 9.53 Å². The highest BCUT2D eigenvalue weighted by Gasteiger charge is 2.44. The van der Waals surface area contributed by atoms with Gasteiger partial charge in [0.2, 0.25) is 0 Å². The van der Waals surface area contributed by atoms with Crippen LogP contribution in [0.15, 0.2) is 22.7 Å². The molecular formula is C12H12BrFN2O4. The van der Waals surface area contributed by atoms with E-state index >= 15 is 0 Å². The van der Waals surface area contributed by atoms with Crippen molar-refractivity contribution in [1.29, 1.82) is 0 Å². The summed E-state index contributed by atoms with van der Waals surface area (Å²) in [6, 6.07) is 3.07. The maximum atomic E-state index is 12.9. The summed E-state index contributed by atoms with van der Waals surface area (Å²) in [6.45, 7) is 0.188. The lowest BCUT2D eigenvalue weighted by Gasteiger charge is -2.23. The quantitative estimate of drug-likeness (QED) is 0.780. The van der Waals surface area contributed by atoms with Crippen molar-refractivity contribution in [2.24, 2.45) is 0 Å². The monoisotopic (exact) mass is 346 g/mol. The molecule has 0 aromatic heterocycles. The third-order valence-electron chi connectivity index (χ3n) is 2.96. The lowest BCUT2D eigenvalue weighted by molar-refractivity contribution is -0.144. The summed E-state index contributed by atoms with van der Waals surface area (Å²) >= 11 is 3.11. The molecule has 3 N–H and O–H groups in total. The fraction of sp³-hybridized carbons (Fsp3) is 0.333. The van der Waals surface area contributed by atoms with E-state index in [-0.39, 0.29) is 19.6 Å². The van der Waals surface area contributed by atoms with Gasteiger partial charge in [-0.05, 0) is 34.1 Å². The minimum atomic E-state index is -1.42. The number of hydrogen-bond donors (Lipinski definition) is 3. The molecule has 0 aliphatic carbocycles. The molecule has 1 atom stereocenters. The Morgan fingerprint density at radius 1 is 1.45 bits per heavy atom. The van der Waals surface area contributed by atoms with Crippen LogP contribution in [0.5, 0.6) is 0 Å². The molecule has 2 rings (SSSR count). The van der Waals surface area contributed by atoms with Gasteiger partial charge in [-0.15, -0.1) is 0 Å². The molecule has 0 bridgehead atoms. The number of benzene rings is 1. The summed E-state index contributed by atoms with van der Waals surface area (Å²) in [5.74, 6) is -1.60. The number of carboxylic acids is 1. The first-order valence-electron chi connectivity index (χ1n) is 5.78. The van der Waals surface area contributed by atoms with E-state index < -0.39 is 23.4 Å². The molecular weight excluding hydrogens is 335 g/mol. The largest absolute Gasteiger partial charge is 0.479 e. The second kappa shape index (κ2) is 5.76. The SMILES string of the molecule is O=C(Nc1ccc(F)cc1Br)NC1(C(=O)O)CCOC1. The maximum absolute atomic E-state index is 12.9. The maximum Gasteiger partial charge on any atom is 0.332 e. The minimum Gasteiger partial charge on any atom is -0.479 e. The highest BCUT2D eigenvalue weighted by molar-refractivity contribution is 9.10. The van der Waals surface area contributed by atoms with Crippen molar-refractivity contribution in [1.82, 2.24) is 5.32 Å². The van der Waals surface area contributed by atoms with Crippen molar-refractivity contribution >= 4 is 33.6 Å². The minimum absolute atomic E-state index is 0.0830. The summed E-state index contributed by atoms with van der Waals surface area (Å²) in [4.78, 5) is 23.1. The van der Waals surface area contributed by atoms with Gasteiger partial charge < -0.3 is 20.5 Å². The molecule has 0 radical (unpaired) electrons. The molecule has 1 saturated heterocycles. The predicted molar refractivity (Wildman–Crippen MR) is 72.1 cm³/mol. The van der Waals surface area contributed by atoms with E-state index in [1.165, 1.54) is 18.2 Å². The molecule has 1 unspecified atom stereocenters. The number of aliphatic carboxylic acids is 1. The summed E-state index contributed by atoms with van der Waals surface area (Å²) in [5.41, 5.74) is -1.08. The molecule has 108 valence electrons. The van der Waals surface area contributed by atoms with Crippen LogP contribution in [0.3, 0.4) is 0 Å². The van der Waals surface area contributed by atoms with Gasteiger partial charge in [0, 0.05) is 17.5 Å². The van der Waals surface area contributed by atoms with Crippen LogP contribution in [0.4, 0.5) is 14.9 Å². The van der Waals surface area contributed by atoms with Crippen molar-refractivity contribution < 1.29 is 23.8 Å². The molecule has 6 nitrogen and oxygen atoms in total. The van der Waals surface area contributed by atoms with Crippen LogP contribution in [0, 0.1) is 5.82 Å². The molecule has 0 spiro atoms. The Bertz CT molecular complexity index is 546. The predicted octanol–water partition coefficient (Wildman–Crippen LogP) is 1.95. The van der Waals surface area contributed by atoms with Crippen molar-refractivity contribution in [2.75, 3.05) is 18.5 Å². The molecule has 1 aliphatic heterocycles. The molecule has 8 heteroatoms. The first kappa shape index (κ1) is 14.7. The number of nitrogens with one attached hydrogen (secondary N) is 2. The Kier molecular flexibility index (Phi) is 4.24.